The Morgan fingerprint density at radius 1 is 1.32 bits per heavy atom. The van der Waals surface area contributed by atoms with Gasteiger partial charge in [-0.2, -0.15) is 0 Å². The van der Waals surface area contributed by atoms with E-state index in [1.165, 1.54) is 23.3 Å². The van der Waals surface area contributed by atoms with Crippen molar-refractivity contribution in [3.05, 3.63) is 21.9 Å². The highest BCUT2D eigenvalue weighted by atomic mass is 32.2. The molecule has 0 aliphatic heterocycles. The second-order valence-electron chi connectivity index (χ2n) is 5.41. The van der Waals surface area contributed by atoms with Crippen molar-refractivity contribution in [2.75, 3.05) is 12.3 Å². The van der Waals surface area contributed by atoms with Crippen LogP contribution in [0.2, 0.25) is 0 Å². The van der Waals surface area contributed by atoms with Gasteiger partial charge in [0.25, 0.3) is 0 Å². The summed E-state index contributed by atoms with van der Waals surface area (Å²) in [7, 11) is -3.18. The summed E-state index contributed by atoms with van der Waals surface area (Å²) in [5, 5.41) is 5.31. The lowest BCUT2D eigenvalue weighted by Crippen LogP contribution is -2.36. The molecule has 4 nitrogen and oxygen atoms in total. The summed E-state index contributed by atoms with van der Waals surface area (Å²) in [5.41, 5.74) is 1.19. The molecule has 6 heteroatoms. The summed E-state index contributed by atoms with van der Waals surface area (Å²) >= 11 is 1.74. The van der Waals surface area contributed by atoms with E-state index in [9.17, 15) is 8.42 Å². The summed E-state index contributed by atoms with van der Waals surface area (Å²) in [4.78, 5) is 1.34. The van der Waals surface area contributed by atoms with E-state index in [4.69, 9.17) is 0 Å². The van der Waals surface area contributed by atoms with E-state index in [0.29, 0.717) is 12.6 Å². The predicted octanol–water partition coefficient (Wildman–Crippen LogP) is 1.80. The number of rotatable bonds is 6. The third-order valence-corrected chi connectivity index (χ3v) is 6.14. The van der Waals surface area contributed by atoms with Crippen LogP contribution in [-0.4, -0.2) is 26.8 Å². The zero-order chi connectivity index (χ0) is 13.3. The van der Waals surface area contributed by atoms with E-state index in [2.05, 4.69) is 21.5 Å². The second kappa shape index (κ2) is 5.52. The van der Waals surface area contributed by atoms with Gasteiger partial charge in [-0.3, -0.25) is 0 Å². The Kier molecular flexibility index (Phi) is 3.93. The number of fused-ring (bicyclic) bond motifs is 1. The Morgan fingerprint density at radius 2 is 2.16 bits per heavy atom. The topological polar surface area (TPSA) is 58.2 Å². The van der Waals surface area contributed by atoms with E-state index in [0.717, 1.165) is 19.3 Å². The highest BCUT2D eigenvalue weighted by Crippen LogP contribution is 2.33. The number of nitrogens with one attached hydrogen (secondary N) is 2. The minimum atomic E-state index is -3.18. The Bertz CT molecular complexity index is 535. The first-order valence-electron chi connectivity index (χ1n) is 6.94. The minimum absolute atomic E-state index is 0.0130. The minimum Gasteiger partial charge on any atom is -0.313 e. The van der Waals surface area contributed by atoms with Crippen LogP contribution in [0.3, 0.4) is 0 Å². The van der Waals surface area contributed by atoms with Gasteiger partial charge in [0.05, 0.1) is 5.75 Å². The largest absolute Gasteiger partial charge is 0.313 e. The normalized spacial score (nSPS) is 23.3. The smallest absolute Gasteiger partial charge is 0.213 e. The summed E-state index contributed by atoms with van der Waals surface area (Å²) in [5.74, 6) is 0.180. The zero-order valence-corrected chi connectivity index (χ0v) is 12.5. The lowest BCUT2D eigenvalue weighted by molar-refractivity contribution is 0.509. The molecular weight excluding hydrogens is 280 g/mol. The third kappa shape index (κ3) is 3.56. The van der Waals surface area contributed by atoms with Gasteiger partial charge in [0.1, 0.15) is 0 Å². The van der Waals surface area contributed by atoms with Gasteiger partial charge in [0, 0.05) is 23.5 Å². The summed E-state index contributed by atoms with van der Waals surface area (Å²) < 4.78 is 27.0. The highest BCUT2D eigenvalue weighted by molar-refractivity contribution is 7.89. The van der Waals surface area contributed by atoms with Crippen LogP contribution in [-0.2, 0) is 16.4 Å². The lowest BCUT2D eigenvalue weighted by atomic mass is 9.95. The first-order chi connectivity index (χ1) is 9.14. The van der Waals surface area contributed by atoms with Gasteiger partial charge in [-0.1, -0.05) is 0 Å². The van der Waals surface area contributed by atoms with Crippen molar-refractivity contribution in [3.8, 4) is 0 Å². The molecule has 0 aromatic carbocycles. The van der Waals surface area contributed by atoms with Crippen LogP contribution in [0.1, 0.15) is 42.2 Å². The van der Waals surface area contributed by atoms with Crippen LogP contribution in [0.15, 0.2) is 11.4 Å². The van der Waals surface area contributed by atoms with Crippen LogP contribution < -0.4 is 10.0 Å². The molecule has 0 amide bonds. The van der Waals surface area contributed by atoms with E-state index < -0.39 is 10.0 Å². The predicted molar refractivity (Wildman–Crippen MR) is 77.9 cm³/mol. The number of aryl methyl sites for hydroxylation is 1. The van der Waals surface area contributed by atoms with Crippen LogP contribution >= 0.6 is 11.3 Å². The van der Waals surface area contributed by atoms with Crippen molar-refractivity contribution in [2.24, 2.45) is 0 Å². The maximum absolute atomic E-state index is 12.1. The summed E-state index contributed by atoms with van der Waals surface area (Å²) in [6.45, 7) is 0.559. The number of hydrogen-bond acceptors (Lipinski definition) is 4. The fourth-order valence-electron chi connectivity index (χ4n) is 2.57. The van der Waals surface area contributed by atoms with Gasteiger partial charge < -0.3 is 5.32 Å². The van der Waals surface area contributed by atoms with Gasteiger partial charge in [-0.05, 0) is 49.1 Å². The Hall–Kier alpha value is -0.430. The summed E-state index contributed by atoms with van der Waals surface area (Å²) in [6, 6.07) is 2.61. The Morgan fingerprint density at radius 3 is 2.95 bits per heavy atom. The van der Waals surface area contributed by atoms with Crippen LogP contribution in [0.25, 0.3) is 0 Å². The van der Waals surface area contributed by atoms with E-state index in [1.807, 2.05) is 0 Å². The van der Waals surface area contributed by atoms with E-state index >= 15 is 0 Å². The van der Waals surface area contributed by atoms with Crippen molar-refractivity contribution in [1.29, 1.82) is 0 Å². The molecule has 1 unspecified atom stereocenters. The second-order valence-corrected chi connectivity index (χ2v) is 8.28. The van der Waals surface area contributed by atoms with Crippen LogP contribution in [0.5, 0.6) is 0 Å². The number of sulfonamides is 1. The molecule has 0 radical (unpaired) electrons. The zero-order valence-electron chi connectivity index (χ0n) is 10.9. The first kappa shape index (κ1) is 13.5. The molecule has 1 aromatic rings. The fourth-order valence-corrected chi connectivity index (χ4v) is 4.74. The molecule has 0 bridgehead atoms. The monoisotopic (exact) mass is 300 g/mol. The molecule has 2 aliphatic rings. The van der Waals surface area contributed by atoms with E-state index in [-0.39, 0.29) is 11.8 Å². The molecule has 1 heterocycles. The lowest BCUT2D eigenvalue weighted by Gasteiger charge is -2.23. The maximum Gasteiger partial charge on any atom is 0.213 e. The average molecular weight is 300 g/mol. The van der Waals surface area contributed by atoms with Gasteiger partial charge in [0.2, 0.25) is 10.0 Å². The SMILES string of the molecule is O=S(=O)(CCNC1CC1)NC1CCCc2sccc21. The van der Waals surface area contributed by atoms with E-state index in [1.54, 1.807) is 11.3 Å². The molecule has 0 spiro atoms. The van der Waals surface area contributed by atoms with Crippen molar-refractivity contribution in [1.82, 2.24) is 10.0 Å². The van der Waals surface area contributed by atoms with Gasteiger partial charge >= 0.3 is 0 Å². The molecule has 3 rings (SSSR count). The molecular formula is C13H20N2O2S2. The van der Waals surface area contributed by atoms with Crippen molar-refractivity contribution in [2.45, 2.75) is 44.2 Å². The van der Waals surface area contributed by atoms with Crippen molar-refractivity contribution < 1.29 is 8.42 Å². The highest BCUT2D eigenvalue weighted by Gasteiger charge is 2.26. The molecule has 106 valence electrons. The van der Waals surface area contributed by atoms with Crippen LogP contribution in [0, 0.1) is 0 Å². The molecule has 19 heavy (non-hydrogen) atoms. The number of thiophene rings is 1. The first-order valence-corrected chi connectivity index (χ1v) is 9.47. The number of hydrogen-bond donors (Lipinski definition) is 2. The average Bonchev–Trinajstić information content (AvgIpc) is 3.04. The van der Waals surface area contributed by atoms with Crippen molar-refractivity contribution >= 4 is 21.4 Å². The summed E-state index contributed by atoms with van der Waals surface area (Å²) in [6.07, 6.45) is 5.46. The van der Waals surface area contributed by atoms with Crippen LogP contribution in [0.4, 0.5) is 0 Å². The molecule has 2 aliphatic carbocycles. The maximum atomic E-state index is 12.1. The molecule has 1 fully saturated rings. The standard InChI is InChI=1S/C13H20N2O2S2/c16-19(17,9-7-14-10-4-5-10)15-12-2-1-3-13-11(12)6-8-18-13/h6,8,10,12,14-15H,1-5,7,9H2. The van der Waals surface area contributed by atoms with Gasteiger partial charge in [0.15, 0.2) is 0 Å². The Labute approximate surface area is 118 Å². The van der Waals surface area contributed by atoms with Gasteiger partial charge in [-0.25, -0.2) is 13.1 Å². The Balaban J connectivity index is 1.58. The third-order valence-electron chi connectivity index (χ3n) is 3.75. The quantitative estimate of drug-likeness (QED) is 0.842. The molecule has 0 saturated heterocycles. The van der Waals surface area contributed by atoms with Gasteiger partial charge in [-0.15, -0.1) is 11.3 Å². The van der Waals surface area contributed by atoms with Crippen molar-refractivity contribution in [3.63, 3.8) is 0 Å². The molecule has 1 aromatic heterocycles. The fraction of sp³-hybridized carbons (Fsp3) is 0.692. The molecule has 1 atom stereocenters. The molecule has 1 saturated carbocycles. The molecule has 2 N–H and O–H groups in total.